The van der Waals surface area contributed by atoms with E-state index in [0.29, 0.717) is 16.6 Å². The van der Waals surface area contributed by atoms with Crippen molar-refractivity contribution in [3.63, 3.8) is 0 Å². The summed E-state index contributed by atoms with van der Waals surface area (Å²) in [6.07, 6.45) is 1.46. The Balaban J connectivity index is 1.26. The molecule has 34 heavy (non-hydrogen) atoms. The number of carbonyl (C=O) groups excluding carboxylic acids is 1. The molecular formula is C28H28Cl2N2O2. The fraction of sp³-hybridized carbons (Fsp3) is 0.321. The van der Waals surface area contributed by atoms with E-state index in [0.717, 1.165) is 43.7 Å². The van der Waals surface area contributed by atoms with Crippen molar-refractivity contribution in [2.75, 3.05) is 24.5 Å². The van der Waals surface area contributed by atoms with Crippen LogP contribution in [0.2, 0.25) is 10.0 Å². The Morgan fingerprint density at radius 3 is 2.26 bits per heavy atom. The molecule has 0 bridgehead atoms. The van der Waals surface area contributed by atoms with Gasteiger partial charge in [0.25, 0.3) is 0 Å². The zero-order chi connectivity index (χ0) is 23.9. The lowest BCUT2D eigenvalue weighted by molar-refractivity contribution is -0.000978. The third-order valence-electron chi connectivity index (χ3n) is 7.00. The minimum absolute atomic E-state index is 0.234. The van der Waals surface area contributed by atoms with Crippen LogP contribution in [-0.4, -0.2) is 36.2 Å². The highest BCUT2D eigenvalue weighted by molar-refractivity contribution is 6.36. The predicted octanol–water partition coefficient (Wildman–Crippen LogP) is 7.27. The van der Waals surface area contributed by atoms with Crippen molar-refractivity contribution in [3.05, 3.63) is 87.4 Å². The van der Waals surface area contributed by atoms with Crippen LogP contribution in [-0.2, 0) is 11.3 Å². The van der Waals surface area contributed by atoms with E-state index < -0.39 is 0 Å². The molecule has 3 aromatic rings. The Morgan fingerprint density at radius 2 is 1.62 bits per heavy atom. The van der Waals surface area contributed by atoms with Crippen LogP contribution in [0.5, 0.6) is 0 Å². The summed E-state index contributed by atoms with van der Waals surface area (Å²) in [4.78, 5) is 16.8. The third kappa shape index (κ3) is 4.55. The minimum Gasteiger partial charge on any atom is -0.441 e. The second kappa shape index (κ2) is 9.26. The molecule has 2 aliphatic rings. The molecule has 176 valence electrons. The summed E-state index contributed by atoms with van der Waals surface area (Å²) in [6.45, 7) is 7.58. The number of nitrogens with zero attached hydrogens (tertiary/aromatic N) is 2. The van der Waals surface area contributed by atoms with Gasteiger partial charge in [0.15, 0.2) is 0 Å². The molecule has 1 spiro atoms. The quantitative estimate of drug-likeness (QED) is 0.382. The van der Waals surface area contributed by atoms with Crippen molar-refractivity contribution >= 4 is 35.0 Å². The monoisotopic (exact) mass is 494 g/mol. The van der Waals surface area contributed by atoms with Crippen LogP contribution in [0.25, 0.3) is 11.1 Å². The zero-order valence-corrected chi connectivity index (χ0v) is 21.0. The summed E-state index contributed by atoms with van der Waals surface area (Å²) < 4.78 is 5.92. The molecule has 0 aromatic heterocycles. The number of benzene rings is 3. The standard InChI is InChI=1S/C28H28Cl2N2O2/c1-19-14-21(15-20(2)26(19)24-9-8-22(29)16-25(24)30)17-31-12-10-28(11-13-31)18-32(27(33)34-28)23-6-4-3-5-7-23/h3-9,14-16H,10-13,17-18H2,1-2H3. The molecule has 0 aliphatic carbocycles. The van der Waals surface area contributed by atoms with E-state index in [9.17, 15) is 4.79 Å². The summed E-state index contributed by atoms with van der Waals surface area (Å²) in [6, 6.07) is 20.0. The van der Waals surface area contributed by atoms with Crippen molar-refractivity contribution in [2.45, 2.75) is 38.8 Å². The second-order valence-corrected chi connectivity index (χ2v) is 10.3. The normalized spacial score (nSPS) is 17.9. The molecule has 2 aliphatic heterocycles. The third-order valence-corrected chi connectivity index (χ3v) is 7.55. The van der Waals surface area contributed by atoms with Gasteiger partial charge in [-0.25, -0.2) is 4.79 Å². The van der Waals surface area contributed by atoms with Crippen LogP contribution in [0.3, 0.4) is 0 Å². The number of para-hydroxylation sites is 1. The predicted molar refractivity (Wildman–Crippen MR) is 139 cm³/mol. The van der Waals surface area contributed by atoms with Crippen LogP contribution in [0.4, 0.5) is 10.5 Å². The number of hydrogen-bond donors (Lipinski definition) is 0. The van der Waals surface area contributed by atoms with Gasteiger partial charge in [-0.1, -0.05) is 59.6 Å². The van der Waals surface area contributed by atoms with Gasteiger partial charge < -0.3 is 4.74 Å². The maximum Gasteiger partial charge on any atom is 0.415 e. The first-order valence-electron chi connectivity index (χ1n) is 11.7. The number of rotatable bonds is 4. The number of hydrogen-bond acceptors (Lipinski definition) is 3. The second-order valence-electron chi connectivity index (χ2n) is 9.48. The molecule has 2 saturated heterocycles. The Hall–Kier alpha value is -2.53. The first-order valence-corrected chi connectivity index (χ1v) is 12.4. The van der Waals surface area contributed by atoms with Crippen LogP contribution in [0.15, 0.2) is 60.7 Å². The SMILES string of the molecule is Cc1cc(CN2CCC3(CC2)CN(c2ccccc2)C(=O)O3)cc(C)c1-c1ccc(Cl)cc1Cl. The molecule has 2 fully saturated rings. The number of amides is 1. The van der Waals surface area contributed by atoms with Gasteiger partial charge in [-0.05, 0) is 60.4 Å². The number of anilines is 1. The number of likely N-dealkylation sites (tertiary alicyclic amines) is 1. The van der Waals surface area contributed by atoms with Crippen LogP contribution < -0.4 is 4.90 Å². The first kappa shape index (κ1) is 23.2. The van der Waals surface area contributed by atoms with Crippen molar-refractivity contribution < 1.29 is 9.53 Å². The molecule has 5 rings (SSSR count). The van der Waals surface area contributed by atoms with Crippen LogP contribution >= 0.6 is 23.2 Å². The number of halogens is 2. The fourth-order valence-electron chi connectivity index (χ4n) is 5.33. The lowest BCUT2D eigenvalue weighted by Crippen LogP contribution is -2.46. The molecular weight excluding hydrogens is 467 g/mol. The van der Waals surface area contributed by atoms with E-state index in [1.54, 1.807) is 11.0 Å². The van der Waals surface area contributed by atoms with Gasteiger partial charge in [0.05, 0.1) is 6.54 Å². The average molecular weight is 495 g/mol. The summed E-state index contributed by atoms with van der Waals surface area (Å²) in [7, 11) is 0. The maximum atomic E-state index is 12.6. The van der Waals surface area contributed by atoms with Crippen molar-refractivity contribution in [1.29, 1.82) is 0 Å². The van der Waals surface area contributed by atoms with Gasteiger partial charge >= 0.3 is 6.09 Å². The van der Waals surface area contributed by atoms with E-state index >= 15 is 0 Å². The van der Waals surface area contributed by atoms with Gasteiger partial charge in [0.2, 0.25) is 0 Å². The van der Waals surface area contributed by atoms with Gasteiger partial charge in [-0.3, -0.25) is 9.80 Å². The van der Waals surface area contributed by atoms with Crippen molar-refractivity contribution in [2.24, 2.45) is 0 Å². The number of aryl methyl sites for hydroxylation is 2. The number of carbonyl (C=O) groups is 1. The summed E-state index contributed by atoms with van der Waals surface area (Å²) in [5.74, 6) is 0. The maximum absolute atomic E-state index is 12.6. The molecule has 0 saturated carbocycles. The lowest BCUT2D eigenvalue weighted by atomic mass is 9.90. The minimum atomic E-state index is -0.384. The highest BCUT2D eigenvalue weighted by Crippen LogP contribution is 2.37. The van der Waals surface area contributed by atoms with Crippen molar-refractivity contribution in [1.82, 2.24) is 4.90 Å². The summed E-state index contributed by atoms with van der Waals surface area (Å²) in [5, 5.41) is 1.31. The van der Waals surface area contributed by atoms with E-state index in [1.807, 2.05) is 42.5 Å². The first-order chi connectivity index (χ1) is 16.3. The molecule has 2 heterocycles. The summed E-state index contributed by atoms with van der Waals surface area (Å²) >= 11 is 12.6. The van der Waals surface area contributed by atoms with Gasteiger partial charge in [0.1, 0.15) is 5.60 Å². The Bertz CT molecular complexity index is 1200. The fourth-order valence-corrected chi connectivity index (χ4v) is 5.83. The van der Waals surface area contributed by atoms with E-state index in [1.165, 1.54) is 22.3 Å². The lowest BCUT2D eigenvalue weighted by Gasteiger charge is -2.37. The van der Waals surface area contributed by atoms with Crippen molar-refractivity contribution in [3.8, 4) is 11.1 Å². The van der Waals surface area contributed by atoms with E-state index in [2.05, 4.69) is 30.9 Å². The largest absolute Gasteiger partial charge is 0.441 e. The van der Waals surface area contributed by atoms with Crippen LogP contribution in [0, 0.1) is 13.8 Å². The Kier molecular flexibility index (Phi) is 6.32. The molecule has 1 amide bonds. The van der Waals surface area contributed by atoms with Crippen LogP contribution in [0.1, 0.15) is 29.5 Å². The molecule has 0 atom stereocenters. The highest BCUT2D eigenvalue weighted by atomic mass is 35.5. The highest BCUT2D eigenvalue weighted by Gasteiger charge is 2.47. The number of ether oxygens (including phenoxy) is 1. The van der Waals surface area contributed by atoms with E-state index in [4.69, 9.17) is 27.9 Å². The Labute approximate surface area is 211 Å². The molecule has 0 N–H and O–H groups in total. The van der Waals surface area contributed by atoms with Gasteiger partial charge in [-0.2, -0.15) is 0 Å². The Morgan fingerprint density at radius 1 is 0.941 bits per heavy atom. The molecule has 0 unspecified atom stereocenters. The van der Waals surface area contributed by atoms with Gasteiger partial charge in [0, 0.05) is 53.8 Å². The zero-order valence-electron chi connectivity index (χ0n) is 19.5. The molecule has 6 heteroatoms. The molecule has 3 aromatic carbocycles. The molecule has 4 nitrogen and oxygen atoms in total. The smallest absolute Gasteiger partial charge is 0.415 e. The number of piperidine rings is 1. The summed E-state index contributed by atoms with van der Waals surface area (Å²) in [5.41, 5.74) is 6.39. The topological polar surface area (TPSA) is 32.8 Å². The molecule has 0 radical (unpaired) electrons. The van der Waals surface area contributed by atoms with Gasteiger partial charge in [-0.15, -0.1) is 0 Å². The average Bonchev–Trinajstić information content (AvgIpc) is 3.13. The van der Waals surface area contributed by atoms with E-state index in [-0.39, 0.29) is 11.7 Å².